The maximum Gasteiger partial charge on any atom is 0.255 e. The summed E-state index contributed by atoms with van der Waals surface area (Å²) in [6, 6.07) is 24.8. The molecule has 4 aromatic rings. The molecule has 7 heteroatoms. The van der Waals surface area contributed by atoms with Gasteiger partial charge in [0.25, 0.3) is 5.91 Å². The molecule has 0 unspecified atom stereocenters. The summed E-state index contributed by atoms with van der Waals surface area (Å²) in [5.74, 6) is 7.06. The summed E-state index contributed by atoms with van der Waals surface area (Å²) in [6.45, 7) is 4.48. The Labute approximate surface area is 228 Å². The van der Waals surface area contributed by atoms with Crippen LogP contribution >= 0.6 is 0 Å². The maximum absolute atomic E-state index is 12.7. The van der Waals surface area contributed by atoms with Crippen LogP contribution in [-0.2, 0) is 6.54 Å². The van der Waals surface area contributed by atoms with Crippen molar-refractivity contribution in [2.24, 2.45) is 0 Å². The fourth-order valence-electron chi connectivity index (χ4n) is 4.52. The molecular weight excluding hydrogens is 488 g/mol. The number of amides is 1. The zero-order chi connectivity index (χ0) is 27.0. The highest BCUT2D eigenvalue weighted by atomic mass is 16.5. The minimum Gasteiger partial charge on any atom is -0.506 e. The van der Waals surface area contributed by atoms with Gasteiger partial charge in [-0.25, -0.2) is 0 Å². The van der Waals surface area contributed by atoms with Crippen molar-refractivity contribution in [1.82, 2.24) is 9.88 Å². The average Bonchev–Trinajstić information content (AvgIpc) is 2.98. The Morgan fingerprint density at radius 2 is 1.69 bits per heavy atom. The van der Waals surface area contributed by atoms with Crippen LogP contribution in [0.25, 0.3) is 0 Å². The van der Waals surface area contributed by atoms with Gasteiger partial charge in [0.05, 0.1) is 13.3 Å². The second-order valence-corrected chi connectivity index (χ2v) is 9.33. The number of pyridine rings is 1. The van der Waals surface area contributed by atoms with Crippen molar-refractivity contribution in [3.8, 4) is 23.3 Å². The van der Waals surface area contributed by atoms with Gasteiger partial charge < -0.3 is 20.1 Å². The molecule has 1 saturated heterocycles. The van der Waals surface area contributed by atoms with Gasteiger partial charge in [0.2, 0.25) is 0 Å². The summed E-state index contributed by atoms with van der Waals surface area (Å²) >= 11 is 0. The van der Waals surface area contributed by atoms with Gasteiger partial charge in [-0.2, -0.15) is 0 Å². The summed E-state index contributed by atoms with van der Waals surface area (Å²) in [7, 11) is 1.61. The zero-order valence-electron chi connectivity index (χ0n) is 21.8. The van der Waals surface area contributed by atoms with Crippen LogP contribution in [0, 0.1) is 11.8 Å². The molecule has 0 bridgehead atoms. The first-order chi connectivity index (χ1) is 19.1. The van der Waals surface area contributed by atoms with Crippen molar-refractivity contribution >= 4 is 17.3 Å². The fraction of sp³-hybridized carbons (Fsp3) is 0.188. The van der Waals surface area contributed by atoms with Crippen LogP contribution in [0.4, 0.5) is 11.4 Å². The molecule has 7 nitrogen and oxygen atoms in total. The quantitative estimate of drug-likeness (QED) is 0.358. The molecule has 1 amide bonds. The van der Waals surface area contributed by atoms with Crippen LogP contribution in [0.3, 0.4) is 0 Å². The molecule has 1 aliphatic rings. The van der Waals surface area contributed by atoms with Crippen LogP contribution in [-0.4, -0.2) is 54.2 Å². The standard InChI is InChI=1S/C32H30N4O3/c1-39-31-14-10-28(11-15-31)34-32(38)26-8-12-29(13-9-26)36-18-16-35(17-19-36)23-27-5-3-2-4-25(27)7-6-24-20-30(37)22-33-21-24/h2-5,8-15,20-22,37H,16-19,23H2,1H3,(H,34,38). The summed E-state index contributed by atoms with van der Waals surface area (Å²) in [4.78, 5) is 21.4. The molecule has 1 aliphatic heterocycles. The van der Waals surface area contributed by atoms with Crippen molar-refractivity contribution < 1.29 is 14.6 Å². The van der Waals surface area contributed by atoms with Crippen LogP contribution in [0.5, 0.6) is 11.5 Å². The fourth-order valence-corrected chi connectivity index (χ4v) is 4.52. The predicted octanol–water partition coefficient (Wildman–Crippen LogP) is 4.77. The van der Waals surface area contributed by atoms with Crippen LogP contribution in [0.15, 0.2) is 91.3 Å². The monoisotopic (exact) mass is 518 g/mol. The van der Waals surface area contributed by atoms with Crippen molar-refractivity contribution in [3.05, 3.63) is 114 Å². The minimum absolute atomic E-state index is 0.111. The lowest BCUT2D eigenvalue weighted by Gasteiger charge is -2.36. The van der Waals surface area contributed by atoms with E-state index in [1.165, 1.54) is 11.8 Å². The highest BCUT2D eigenvalue weighted by Crippen LogP contribution is 2.21. The SMILES string of the molecule is COc1ccc(NC(=O)c2ccc(N3CCN(Cc4ccccc4C#Cc4cncc(O)c4)CC3)cc2)cc1. The minimum atomic E-state index is -0.140. The number of hydrogen-bond donors (Lipinski definition) is 2. The predicted molar refractivity (Wildman–Crippen MR) is 153 cm³/mol. The molecule has 0 atom stereocenters. The van der Waals surface area contributed by atoms with Gasteiger partial charge in [-0.1, -0.05) is 30.0 Å². The molecule has 0 spiro atoms. The normalized spacial score (nSPS) is 13.3. The topological polar surface area (TPSA) is 77.9 Å². The summed E-state index contributed by atoms with van der Waals surface area (Å²) in [5.41, 5.74) is 5.30. The molecular formula is C32H30N4O3. The number of carbonyl (C=O) groups is 1. The Morgan fingerprint density at radius 1 is 0.949 bits per heavy atom. The molecule has 1 aromatic heterocycles. The Morgan fingerprint density at radius 3 is 2.41 bits per heavy atom. The van der Waals surface area contributed by atoms with Crippen molar-refractivity contribution in [1.29, 1.82) is 0 Å². The molecule has 5 rings (SSSR count). The number of carbonyl (C=O) groups excluding carboxylic acids is 1. The Hall–Kier alpha value is -4.80. The molecule has 0 aliphatic carbocycles. The number of anilines is 2. The lowest BCUT2D eigenvalue weighted by Crippen LogP contribution is -2.46. The number of ether oxygens (including phenoxy) is 1. The van der Waals surface area contributed by atoms with E-state index in [4.69, 9.17) is 4.74 Å². The number of nitrogens with one attached hydrogen (secondary N) is 1. The van der Waals surface area contributed by atoms with Gasteiger partial charge in [0.1, 0.15) is 11.5 Å². The van der Waals surface area contributed by atoms with Crippen LogP contribution in [0.2, 0.25) is 0 Å². The lowest BCUT2D eigenvalue weighted by molar-refractivity contribution is 0.102. The molecule has 1 fully saturated rings. The average molecular weight is 519 g/mol. The first kappa shape index (κ1) is 25.8. The number of aromatic nitrogens is 1. The molecule has 2 N–H and O–H groups in total. The summed E-state index contributed by atoms with van der Waals surface area (Å²) in [5, 5.41) is 12.6. The van der Waals surface area contributed by atoms with E-state index >= 15 is 0 Å². The van der Waals surface area contributed by atoms with Gasteiger partial charge in [-0.15, -0.1) is 0 Å². The Kier molecular flexibility index (Phi) is 8.06. The van der Waals surface area contributed by atoms with E-state index < -0.39 is 0 Å². The first-order valence-corrected chi connectivity index (χ1v) is 12.8. The lowest BCUT2D eigenvalue weighted by atomic mass is 10.1. The Balaban J connectivity index is 1.16. The molecule has 0 saturated carbocycles. The number of rotatable bonds is 6. The molecule has 2 heterocycles. The van der Waals surface area contributed by atoms with E-state index in [1.807, 2.05) is 66.7 Å². The summed E-state index contributed by atoms with van der Waals surface area (Å²) in [6.07, 6.45) is 3.04. The smallest absolute Gasteiger partial charge is 0.255 e. The van der Waals surface area contributed by atoms with Gasteiger partial charge in [-0.05, 0) is 66.2 Å². The van der Waals surface area contributed by atoms with Crippen molar-refractivity contribution in [2.75, 3.05) is 43.5 Å². The number of nitrogens with zero attached hydrogens (tertiary/aromatic N) is 3. The molecule has 196 valence electrons. The maximum atomic E-state index is 12.7. The zero-order valence-corrected chi connectivity index (χ0v) is 21.8. The molecule has 39 heavy (non-hydrogen) atoms. The van der Waals surface area contributed by atoms with Gasteiger partial charge >= 0.3 is 0 Å². The van der Waals surface area contributed by atoms with E-state index in [1.54, 1.807) is 19.4 Å². The highest BCUT2D eigenvalue weighted by Gasteiger charge is 2.18. The van der Waals surface area contributed by atoms with Crippen LogP contribution in [0.1, 0.15) is 27.0 Å². The van der Waals surface area contributed by atoms with Crippen molar-refractivity contribution in [2.45, 2.75) is 6.54 Å². The summed E-state index contributed by atoms with van der Waals surface area (Å²) < 4.78 is 5.16. The van der Waals surface area contributed by atoms with E-state index in [9.17, 15) is 9.90 Å². The number of piperazine rings is 1. The third kappa shape index (κ3) is 6.75. The van der Waals surface area contributed by atoms with E-state index in [2.05, 4.69) is 38.0 Å². The van der Waals surface area contributed by atoms with E-state index in [0.29, 0.717) is 11.1 Å². The second-order valence-electron chi connectivity index (χ2n) is 9.33. The second kappa shape index (κ2) is 12.2. The third-order valence-corrected chi connectivity index (χ3v) is 6.69. The third-order valence-electron chi connectivity index (χ3n) is 6.69. The molecule has 0 radical (unpaired) electrons. The highest BCUT2D eigenvalue weighted by molar-refractivity contribution is 6.04. The van der Waals surface area contributed by atoms with E-state index in [-0.39, 0.29) is 11.7 Å². The van der Waals surface area contributed by atoms with Gasteiger partial charge in [0.15, 0.2) is 0 Å². The number of hydrogen-bond acceptors (Lipinski definition) is 6. The van der Waals surface area contributed by atoms with Gasteiger partial charge in [0, 0.05) is 67.0 Å². The van der Waals surface area contributed by atoms with Crippen molar-refractivity contribution in [3.63, 3.8) is 0 Å². The number of benzene rings is 3. The van der Waals surface area contributed by atoms with E-state index in [0.717, 1.165) is 55.4 Å². The number of aromatic hydroxyl groups is 1. The van der Waals surface area contributed by atoms with Crippen LogP contribution < -0.4 is 15.0 Å². The molecule has 3 aromatic carbocycles. The number of methoxy groups -OCH3 is 1. The Bertz CT molecular complexity index is 1480. The van der Waals surface area contributed by atoms with Gasteiger partial charge in [-0.3, -0.25) is 14.7 Å². The largest absolute Gasteiger partial charge is 0.506 e. The first-order valence-electron chi connectivity index (χ1n) is 12.8.